The molecule has 2 aliphatic rings. The Kier molecular flexibility index (Phi) is 4.97. The highest BCUT2D eigenvalue weighted by molar-refractivity contribution is 5.57. The molecule has 120 valence electrons. The van der Waals surface area contributed by atoms with Gasteiger partial charge in [0, 0.05) is 38.1 Å². The standard InChI is InChI=1S/C17H27N5/c1-3-19(4-2)16-8-10-17(11-9-16)21-14-7-15-22(18-21)20-12-5-6-13-20/h7-11,14,18H,3-6,12-13,15H2,1-2H3. The van der Waals surface area contributed by atoms with Crippen LogP contribution in [0.5, 0.6) is 0 Å². The van der Waals surface area contributed by atoms with Crippen LogP contribution in [0.3, 0.4) is 0 Å². The van der Waals surface area contributed by atoms with E-state index in [1.54, 1.807) is 0 Å². The lowest BCUT2D eigenvalue weighted by Crippen LogP contribution is -2.57. The van der Waals surface area contributed by atoms with Gasteiger partial charge in [-0.3, -0.25) is 5.01 Å². The summed E-state index contributed by atoms with van der Waals surface area (Å²) >= 11 is 0. The topological polar surface area (TPSA) is 25.0 Å². The van der Waals surface area contributed by atoms with Gasteiger partial charge in [0.25, 0.3) is 0 Å². The minimum atomic E-state index is 0.925. The van der Waals surface area contributed by atoms with E-state index in [0.717, 1.165) is 38.4 Å². The van der Waals surface area contributed by atoms with Gasteiger partial charge in [-0.15, -0.1) is 5.53 Å². The first-order valence-electron chi connectivity index (χ1n) is 8.41. The van der Waals surface area contributed by atoms with Gasteiger partial charge >= 0.3 is 0 Å². The minimum absolute atomic E-state index is 0.925. The molecule has 5 heteroatoms. The molecular weight excluding hydrogens is 274 g/mol. The molecule has 0 radical (unpaired) electrons. The van der Waals surface area contributed by atoms with E-state index in [-0.39, 0.29) is 0 Å². The van der Waals surface area contributed by atoms with Gasteiger partial charge < -0.3 is 4.90 Å². The van der Waals surface area contributed by atoms with Gasteiger partial charge in [0.2, 0.25) is 0 Å². The van der Waals surface area contributed by atoms with Gasteiger partial charge in [0.15, 0.2) is 0 Å². The Morgan fingerprint density at radius 3 is 2.36 bits per heavy atom. The van der Waals surface area contributed by atoms with Crippen LogP contribution in [0.25, 0.3) is 0 Å². The zero-order chi connectivity index (χ0) is 15.4. The minimum Gasteiger partial charge on any atom is -0.372 e. The highest BCUT2D eigenvalue weighted by Crippen LogP contribution is 2.22. The normalized spacial score (nSPS) is 19.8. The monoisotopic (exact) mass is 301 g/mol. The van der Waals surface area contributed by atoms with Crippen molar-refractivity contribution in [1.82, 2.24) is 15.7 Å². The van der Waals surface area contributed by atoms with Crippen LogP contribution in [-0.4, -0.2) is 42.9 Å². The lowest BCUT2D eigenvalue weighted by atomic mass is 10.2. The van der Waals surface area contributed by atoms with Crippen LogP contribution in [0, 0.1) is 0 Å². The second-order valence-electron chi connectivity index (χ2n) is 5.79. The van der Waals surface area contributed by atoms with E-state index in [0.29, 0.717) is 0 Å². The molecule has 5 nitrogen and oxygen atoms in total. The summed E-state index contributed by atoms with van der Waals surface area (Å²) in [5.74, 6) is 0. The van der Waals surface area contributed by atoms with Gasteiger partial charge in [0.1, 0.15) is 0 Å². The van der Waals surface area contributed by atoms with Gasteiger partial charge in [0.05, 0.1) is 12.2 Å². The van der Waals surface area contributed by atoms with E-state index in [4.69, 9.17) is 0 Å². The summed E-state index contributed by atoms with van der Waals surface area (Å²) in [7, 11) is 0. The molecule has 0 saturated carbocycles. The predicted octanol–water partition coefficient (Wildman–Crippen LogP) is 2.60. The summed E-state index contributed by atoms with van der Waals surface area (Å²) in [5.41, 5.74) is 5.93. The zero-order valence-electron chi connectivity index (χ0n) is 13.7. The first-order valence-corrected chi connectivity index (χ1v) is 8.41. The smallest absolute Gasteiger partial charge is 0.0586 e. The number of benzene rings is 1. The molecule has 1 aromatic carbocycles. The first-order chi connectivity index (χ1) is 10.8. The molecule has 0 aliphatic carbocycles. The van der Waals surface area contributed by atoms with Crippen molar-refractivity contribution in [3.8, 4) is 0 Å². The summed E-state index contributed by atoms with van der Waals surface area (Å²) in [6.07, 6.45) is 6.90. The molecule has 22 heavy (non-hydrogen) atoms. The number of hydrogen-bond acceptors (Lipinski definition) is 5. The van der Waals surface area contributed by atoms with Gasteiger partial charge in [-0.2, -0.15) is 5.12 Å². The maximum atomic E-state index is 3.48. The van der Waals surface area contributed by atoms with Crippen molar-refractivity contribution in [2.24, 2.45) is 0 Å². The highest BCUT2D eigenvalue weighted by atomic mass is 15.9. The van der Waals surface area contributed by atoms with E-state index >= 15 is 0 Å². The fraction of sp³-hybridized carbons (Fsp3) is 0.529. The van der Waals surface area contributed by atoms with Crippen LogP contribution in [0.2, 0.25) is 0 Å². The summed E-state index contributed by atoms with van der Waals surface area (Å²) in [5, 5.41) is 6.69. The first kappa shape index (κ1) is 15.3. The van der Waals surface area contributed by atoms with Crippen molar-refractivity contribution in [1.29, 1.82) is 0 Å². The van der Waals surface area contributed by atoms with E-state index in [2.05, 4.69) is 76.0 Å². The molecule has 1 N–H and O–H groups in total. The Labute approximate surface area is 133 Å². The van der Waals surface area contributed by atoms with Crippen molar-refractivity contribution >= 4 is 11.4 Å². The van der Waals surface area contributed by atoms with Crippen LogP contribution in [-0.2, 0) is 0 Å². The fourth-order valence-corrected chi connectivity index (χ4v) is 3.13. The van der Waals surface area contributed by atoms with E-state index in [9.17, 15) is 0 Å². The SMILES string of the molecule is CCN(CC)c1ccc(N2C=CCN(N3CCCC3)N2)cc1. The van der Waals surface area contributed by atoms with Crippen molar-refractivity contribution in [3.05, 3.63) is 36.5 Å². The summed E-state index contributed by atoms with van der Waals surface area (Å²) in [4.78, 5) is 2.36. The van der Waals surface area contributed by atoms with Gasteiger partial charge in [-0.25, -0.2) is 5.01 Å². The highest BCUT2D eigenvalue weighted by Gasteiger charge is 2.22. The Morgan fingerprint density at radius 2 is 1.73 bits per heavy atom. The molecule has 0 bridgehead atoms. The second-order valence-corrected chi connectivity index (χ2v) is 5.79. The number of rotatable bonds is 5. The van der Waals surface area contributed by atoms with Crippen molar-refractivity contribution in [2.45, 2.75) is 26.7 Å². The molecule has 1 aromatic rings. The van der Waals surface area contributed by atoms with Crippen LogP contribution in [0.1, 0.15) is 26.7 Å². The average molecular weight is 301 g/mol. The van der Waals surface area contributed by atoms with E-state index < -0.39 is 0 Å². The zero-order valence-corrected chi connectivity index (χ0v) is 13.7. The summed E-state index contributed by atoms with van der Waals surface area (Å²) in [6, 6.07) is 8.76. The Balaban J connectivity index is 1.68. The third kappa shape index (κ3) is 3.27. The maximum Gasteiger partial charge on any atom is 0.0586 e. The van der Waals surface area contributed by atoms with E-state index in [1.165, 1.54) is 18.5 Å². The number of anilines is 2. The van der Waals surface area contributed by atoms with Gasteiger partial charge in [-0.05, 0) is 57.0 Å². The summed E-state index contributed by atoms with van der Waals surface area (Å²) in [6.45, 7) is 9.70. The number of nitrogens with zero attached hydrogens (tertiary/aromatic N) is 4. The third-order valence-corrected chi connectivity index (χ3v) is 4.44. The van der Waals surface area contributed by atoms with Crippen LogP contribution >= 0.6 is 0 Å². The molecule has 0 unspecified atom stereocenters. The summed E-state index contributed by atoms with van der Waals surface area (Å²) < 4.78 is 0. The fourth-order valence-electron chi connectivity index (χ4n) is 3.13. The molecular formula is C17H27N5. The quantitative estimate of drug-likeness (QED) is 0.901. The van der Waals surface area contributed by atoms with Gasteiger partial charge in [-0.1, -0.05) is 0 Å². The van der Waals surface area contributed by atoms with Crippen LogP contribution in [0.4, 0.5) is 11.4 Å². The predicted molar refractivity (Wildman–Crippen MR) is 92.3 cm³/mol. The largest absolute Gasteiger partial charge is 0.372 e. The number of hydrogen-bond donors (Lipinski definition) is 1. The maximum absolute atomic E-state index is 3.48. The van der Waals surface area contributed by atoms with Crippen molar-refractivity contribution < 1.29 is 0 Å². The molecule has 1 fully saturated rings. The lowest BCUT2D eigenvalue weighted by Gasteiger charge is -2.38. The molecule has 1 saturated heterocycles. The third-order valence-electron chi connectivity index (χ3n) is 4.44. The van der Waals surface area contributed by atoms with E-state index in [1.807, 2.05) is 0 Å². The second kappa shape index (κ2) is 7.13. The molecule has 0 atom stereocenters. The molecule has 2 heterocycles. The van der Waals surface area contributed by atoms with Crippen molar-refractivity contribution in [3.63, 3.8) is 0 Å². The molecule has 0 spiro atoms. The molecule has 3 rings (SSSR count). The molecule has 0 amide bonds. The molecule has 0 aromatic heterocycles. The Bertz CT molecular complexity index is 488. The van der Waals surface area contributed by atoms with Crippen LogP contribution in [0.15, 0.2) is 36.5 Å². The molecule has 2 aliphatic heterocycles. The Hall–Kier alpha value is -1.56. The average Bonchev–Trinajstić information content (AvgIpc) is 3.11. The van der Waals surface area contributed by atoms with Crippen LogP contribution < -0.4 is 15.4 Å². The Morgan fingerprint density at radius 1 is 1.05 bits per heavy atom. The lowest BCUT2D eigenvalue weighted by molar-refractivity contribution is -0.0460. The van der Waals surface area contributed by atoms with Crippen molar-refractivity contribution in [2.75, 3.05) is 42.6 Å². The number of nitrogens with one attached hydrogen (secondary N) is 1. The number of hydrazine groups is 3.